The SMILES string of the molecule is CCN(CC)[C@@H](C(=O)N1CCC[C@H]1c1ncc(-c2ccc(C#Cc3ccc(-c4cnc([C@@H]5CCCN5C(=O)[C@H](NS(C)(=O)=O)c5ccccc5)[nH]4)cc3)cc2)[nH]1)c1ccccc1. The second-order valence-corrected chi connectivity index (χ2v) is 17.7. The number of hydrogen-bond acceptors (Lipinski definition) is 7. The number of likely N-dealkylation sites (tertiary alicyclic amines) is 2. The van der Waals surface area contributed by atoms with Crippen LogP contribution in [0.25, 0.3) is 22.5 Å². The van der Waals surface area contributed by atoms with Crippen molar-refractivity contribution in [2.75, 3.05) is 32.4 Å². The van der Waals surface area contributed by atoms with Crippen molar-refractivity contribution >= 4 is 21.8 Å². The highest BCUT2D eigenvalue weighted by molar-refractivity contribution is 7.88. The first-order valence-corrected chi connectivity index (χ1v) is 23.2. The number of aromatic nitrogens is 4. The third-order valence-corrected chi connectivity index (χ3v) is 12.5. The number of likely N-dealkylation sites (N-methyl/N-ethyl adjacent to an activating group) is 1. The number of sulfonamides is 1. The number of carbonyl (C=O) groups is 2. The van der Waals surface area contributed by atoms with E-state index in [1.165, 1.54) is 0 Å². The monoisotopic (exact) mass is 848 g/mol. The summed E-state index contributed by atoms with van der Waals surface area (Å²) in [6, 6.07) is 33.2. The summed E-state index contributed by atoms with van der Waals surface area (Å²) >= 11 is 0. The molecule has 4 aromatic carbocycles. The molecule has 2 amide bonds. The largest absolute Gasteiger partial charge is 0.340 e. The molecule has 0 saturated carbocycles. The van der Waals surface area contributed by atoms with Crippen LogP contribution >= 0.6 is 0 Å². The Hall–Kier alpha value is -6.33. The van der Waals surface area contributed by atoms with Crippen LogP contribution in [0.3, 0.4) is 0 Å². The number of aromatic amines is 2. The van der Waals surface area contributed by atoms with Gasteiger partial charge < -0.3 is 19.8 Å². The van der Waals surface area contributed by atoms with Crippen LogP contribution < -0.4 is 4.72 Å². The van der Waals surface area contributed by atoms with Crippen LogP contribution in [-0.2, 0) is 19.6 Å². The maximum absolute atomic E-state index is 14.2. The first kappa shape index (κ1) is 42.4. The van der Waals surface area contributed by atoms with Gasteiger partial charge in [0.15, 0.2) is 0 Å². The van der Waals surface area contributed by atoms with Crippen molar-refractivity contribution in [3.63, 3.8) is 0 Å². The summed E-state index contributed by atoms with van der Waals surface area (Å²) in [6.07, 6.45) is 7.97. The van der Waals surface area contributed by atoms with Gasteiger partial charge in [-0.3, -0.25) is 14.5 Å². The van der Waals surface area contributed by atoms with Crippen LogP contribution in [0.5, 0.6) is 0 Å². The molecule has 12 nitrogen and oxygen atoms in total. The highest BCUT2D eigenvalue weighted by Crippen LogP contribution is 2.36. The lowest BCUT2D eigenvalue weighted by Crippen LogP contribution is -2.43. The van der Waals surface area contributed by atoms with E-state index in [1.54, 1.807) is 35.4 Å². The molecule has 2 aliphatic heterocycles. The molecule has 2 fully saturated rings. The van der Waals surface area contributed by atoms with E-state index in [4.69, 9.17) is 4.98 Å². The van der Waals surface area contributed by atoms with Crippen LogP contribution in [0.2, 0.25) is 0 Å². The summed E-state index contributed by atoms with van der Waals surface area (Å²) in [6.45, 7) is 6.99. The summed E-state index contributed by atoms with van der Waals surface area (Å²) in [4.78, 5) is 50.4. The highest BCUT2D eigenvalue weighted by Gasteiger charge is 2.39. The molecule has 0 spiro atoms. The third kappa shape index (κ3) is 9.43. The van der Waals surface area contributed by atoms with Gasteiger partial charge in [-0.15, -0.1) is 0 Å². The minimum atomic E-state index is -3.66. The fourth-order valence-electron chi connectivity index (χ4n) is 8.72. The molecule has 62 heavy (non-hydrogen) atoms. The maximum Gasteiger partial charge on any atom is 0.245 e. The molecule has 3 N–H and O–H groups in total. The number of nitrogens with zero attached hydrogens (tertiary/aromatic N) is 5. The van der Waals surface area contributed by atoms with Crippen LogP contribution in [0.15, 0.2) is 122 Å². The Morgan fingerprint density at radius 2 is 1.15 bits per heavy atom. The van der Waals surface area contributed by atoms with Crippen molar-refractivity contribution in [2.45, 2.75) is 63.7 Å². The van der Waals surface area contributed by atoms with Crippen molar-refractivity contribution in [3.05, 3.63) is 155 Å². The molecule has 0 aliphatic carbocycles. The third-order valence-electron chi connectivity index (χ3n) is 11.9. The summed E-state index contributed by atoms with van der Waals surface area (Å²) in [5.41, 5.74) is 6.97. The van der Waals surface area contributed by atoms with E-state index in [-0.39, 0.29) is 29.9 Å². The van der Waals surface area contributed by atoms with Gasteiger partial charge in [-0.2, -0.15) is 4.72 Å². The predicted molar refractivity (Wildman–Crippen MR) is 241 cm³/mol. The van der Waals surface area contributed by atoms with Gasteiger partial charge >= 0.3 is 0 Å². The predicted octanol–water partition coefficient (Wildman–Crippen LogP) is 7.57. The maximum atomic E-state index is 14.2. The summed E-state index contributed by atoms with van der Waals surface area (Å²) in [7, 11) is -3.66. The van der Waals surface area contributed by atoms with E-state index >= 15 is 0 Å². The van der Waals surface area contributed by atoms with Crippen molar-refractivity contribution in [3.8, 4) is 34.4 Å². The Labute approximate surface area is 363 Å². The Balaban J connectivity index is 0.908. The second kappa shape index (κ2) is 18.7. The van der Waals surface area contributed by atoms with Gasteiger partial charge in [-0.25, -0.2) is 18.4 Å². The number of nitrogens with one attached hydrogen (secondary N) is 3. The molecule has 318 valence electrons. The van der Waals surface area contributed by atoms with Gasteiger partial charge in [0.2, 0.25) is 21.8 Å². The molecule has 2 aliphatic rings. The van der Waals surface area contributed by atoms with Crippen LogP contribution in [-0.4, -0.2) is 87.3 Å². The number of imidazole rings is 2. The Bertz CT molecular complexity index is 2650. The molecule has 13 heteroatoms. The van der Waals surface area contributed by atoms with Gasteiger partial charge in [-0.1, -0.05) is 111 Å². The number of hydrogen-bond donors (Lipinski definition) is 3. The van der Waals surface area contributed by atoms with E-state index < -0.39 is 16.1 Å². The molecular weight excluding hydrogens is 797 g/mol. The molecule has 4 atom stereocenters. The molecule has 4 heterocycles. The standard InChI is InChI=1S/C49H52N8O4S/c1-4-55(5-2)45(39-16-10-7-11-17-39)49(59)57-31-13-19-43(57)47-51-33-41(53-47)37-28-24-35(25-29-37)21-20-34-22-26-36(27-23-34)40-32-50-46(52-40)42-18-12-30-56(42)48(58)44(54-62(3,60)61)38-14-8-6-9-15-38/h6-11,14-17,22-29,32-33,42-45,54H,4-5,12-13,18-19,30-31H2,1-3H3,(H,50,52)(H,51,53)/t42-,43-,44+,45+/m0/s1. The van der Waals surface area contributed by atoms with E-state index in [2.05, 4.69) is 50.3 Å². The van der Waals surface area contributed by atoms with Crippen LogP contribution in [0.1, 0.15) is 97.6 Å². The van der Waals surface area contributed by atoms with Gasteiger partial charge in [0.05, 0.1) is 42.1 Å². The fourth-order valence-corrected chi connectivity index (χ4v) is 9.39. The number of carbonyl (C=O) groups excluding carboxylic acids is 2. The van der Waals surface area contributed by atoms with Gasteiger partial charge in [0.1, 0.15) is 23.7 Å². The Kier molecular flexibility index (Phi) is 12.8. The van der Waals surface area contributed by atoms with Crippen LogP contribution in [0, 0.1) is 11.8 Å². The van der Waals surface area contributed by atoms with E-state index in [1.807, 2.05) is 96.0 Å². The lowest BCUT2D eigenvalue weighted by Gasteiger charge is -2.34. The quantitative estimate of drug-likeness (QED) is 0.102. The molecule has 2 aromatic heterocycles. The lowest BCUT2D eigenvalue weighted by atomic mass is 10.0. The fraction of sp³-hybridized carbons (Fsp3) is 0.306. The van der Waals surface area contributed by atoms with Crippen molar-refractivity contribution in [1.82, 2.24) is 39.4 Å². The number of amides is 2. The molecule has 0 unspecified atom stereocenters. The summed E-state index contributed by atoms with van der Waals surface area (Å²) in [5.74, 6) is 7.83. The molecule has 0 radical (unpaired) electrons. The van der Waals surface area contributed by atoms with Crippen molar-refractivity contribution < 1.29 is 18.0 Å². The van der Waals surface area contributed by atoms with Crippen molar-refractivity contribution in [2.24, 2.45) is 0 Å². The topological polar surface area (TPSA) is 147 Å². The minimum absolute atomic E-state index is 0.107. The van der Waals surface area contributed by atoms with Gasteiger partial charge in [0.25, 0.3) is 0 Å². The molecule has 2 saturated heterocycles. The molecule has 6 aromatic rings. The second-order valence-electron chi connectivity index (χ2n) is 15.9. The molecule has 0 bridgehead atoms. The molecule has 8 rings (SSSR count). The summed E-state index contributed by atoms with van der Waals surface area (Å²) < 4.78 is 27.0. The average Bonchev–Trinajstić information content (AvgIpc) is 4.14. The van der Waals surface area contributed by atoms with E-state index in [0.29, 0.717) is 30.9 Å². The van der Waals surface area contributed by atoms with E-state index in [9.17, 15) is 18.0 Å². The van der Waals surface area contributed by atoms with Gasteiger partial charge in [-0.05, 0) is 85.3 Å². The minimum Gasteiger partial charge on any atom is -0.340 e. The molecular formula is C49H52N8O4S. The number of H-pyrrole nitrogens is 2. The first-order valence-electron chi connectivity index (χ1n) is 21.3. The van der Waals surface area contributed by atoms with Gasteiger partial charge in [0, 0.05) is 24.2 Å². The first-order chi connectivity index (χ1) is 30.1. The summed E-state index contributed by atoms with van der Waals surface area (Å²) in [5, 5.41) is 0. The van der Waals surface area contributed by atoms with Crippen molar-refractivity contribution in [1.29, 1.82) is 0 Å². The number of benzene rings is 4. The zero-order valence-corrected chi connectivity index (χ0v) is 36.1. The average molecular weight is 849 g/mol. The lowest BCUT2D eigenvalue weighted by molar-refractivity contribution is -0.138. The Morgan fingerprint density at radius 1 is 0.694 bits per heavy atom. The zero-order valence-electron chi connectivity index (χ0n) is 35.3. The number of rotatable bonds is 13. The van der Waals surface area contributed by atoms with Crippen LogP contribution in [0.4, 0.5) is 0 Å². The normalized spacial score (nSPS) is 17.5. The zero-order chi connectivity index (χ0) is 43.2. The van der Waals surface area contributed by atoms with E-state index in [0.717, 1.165) is 83.6 Å². The Morgan fingerprint density at radius 3 is 1.60 bits per heavy atom. The highest BCUT2D eigenvalue weighted by atomic mass is 32.2. The smallest absolute Gasteiger partial charge is 0.245 e.